The van der Waals surface area contributed by atoms with E-state index in [0.717, 1.165) is 0 Å². The van der Waals surface area contributed by atoms with Crippen molar-refractivity contribution in [3.05, 3.63) is 29.8 Å². The smallest absolute Gasteiger partial charge is 0.255 e. The van der Waals surface area contributed by atoms with Crippen molar-refractivity contribution in [3.63, 3.8) is 0 Å². The molecule has 1 aromatic carbocycles. The number of ether oxygens (including phenoxy) is 1. The molecule has 21 heavy (non-hydrogen) atoms. The van der Waals surface area contributed by atoms with Crippen LogP contribution >= 0.6 is 12.4 Å². The van der Waals surface area contributed by atoms with Crippen molar-refractivity contribution >= 4 is 18.3 Å². The van der Waals surface area contributed by atoms with Gasteiger partial charge in [-0.3, -0.25) is 4.79 Å². The average molecular weight is 311 g/mol. The molecule has 3 N–H and O–H groups in total. The van der Waals surface area contributed by atoms with Gasteiger partial charge in [-0.05, 0) is 49.7 Å². The molecule has 0 spiro atoms. The number of nitrogens with one attached hydrogen (secondary N) is 1. The number of halogens is 1. The Labute approximate surface area is 131 Å². The van der Waals surface area contributed by atoms with E-state index in [2.05, 4.69) is 5.32 Å². The summed E-state index contributed by atoms with van der Waals surface area (Å²) in [7, 11) is 0. The van der Waals surface area contributed by atoms with E-state index in [1.54, 1.807) is 6.07 Å². The Morgan fingerprint density at radius 3 is 2.67 bits per heavy atom. The van der Waals surface area contributed by atoms with E-state index in [1.807, 2.05) is 18.2 Å². The molecule has 2 saturated carbocycles. The van der Waals surface area contributed by atoms with Crippen molar-refractivity contribution in [1.82, 2.24) is 5.32 Å². The summed E-state index contributed by atoms with van der Waals surface area (Å²) in [5, 5.41) is 2.92. The summed E-state index contributed by atoms with van der Waals surface area (Å²) in [5.74, 6) is 1.86. The lowest BCUT2D eigenvalue weighted by Crippen LogP contribution is -2.38. The molecule has 2 aliphatic rings. The predicted octanol–water partition coefficient (Wildman–Crippen LogP) is 2.36. The van der Waals surface area contributed by atoms with Crippen LogP contribution in [0.15, 0.2) is 24.3 Å². The second-order valence-electron chi connectivity index (χ2n) is 5.96. The van der Waals surface area contributed by atoms with E-state index in [1.165, 1.54) is 25.7 Å². The monoisotopic (exact) mass is 310 g/mol. The summed E-state index contributed by atoms with van der Waals surface area (Å²) in [6, 6.07) is 7.51. The van der Waals surface area contributed by atoms with Crippen LogP contribution < -0.4 is 15.8 Å². The van der Waals surface area contributed by atoms with Crippen LogP contribution in [0.2, 0.25) is 0 Å². The zero-order valence-corrected chi connectivity index (χ0v) is 12.9. The highest BCUT2D eigenvalue weighted by atomic mass is 35.5. The van der Waals surface area contributed by atoms with E-state index in [-0.39, 0.29) is 24.4 Å². The van der Waals surface area contributed by atoms with Crippen LogP contribution in [-0.2, 0) is 0 Å². The maximum absolute atomic E-state index is 12.2. The molecule has 0 radical (unpaired) electrons. The molecule has 0 bridgehead atoms. The van der Waals surface area contributed by atoms with E-state index in [0.29, 0.717) is 36.3 Å². The molecule has 3 rings (SSSR count). The first kappa shape index (κ1) is 16.1. The number of carbonyl (C=O) groups is 1. The molecule has 2 aliphatic carbocycles. The van der Waals surface area contributed by atoms with Gasteiger partial charge in [-0.15, -0.1) is 12.4 Å². The summed E-state index contributed by atoms with van der Waals surface area (Å²) in [5.41, 5.74) is 6.61. The molecule has 1 aromatic rings. The molecular formula is C16H23ClN2O2. The second-order valence-corrected chi connectivity index (χ2v) is 5.96. The van der Waals surface area contributed by atoms with Crippen LogP contribution in [0.25, 0.3) is 0 Å². The normalized spacial score (nSPS) is 18.5. The zero-order chi connectivity index (χ0) is 13.9. The van der Waals surface area contributed by atoms with Crippen molar-refractivity contribution in [3.8, 4) is 5.75 Å². The van der Waals surface area contributed by atoms with Gasteiger partial charge < -0.3 is 15.8 Å². The summed E-state index contributed by atoms with van der Waals surface area (Å²) < 4.78 is 5.76. The Morgan fingerprint density at radius 1 is 1.29 bits per heavy atom. The summed E-state index contributed by atoms with van der Waals surface area (Å²) in [6.45, 7) is 1.26. The second kappa shape index (κ2) is 7.14. The van der Waals surface area contributed by atoms with Crippen LogP contribution in [-0.4, -0.2) is 25.1 Å². The van der Waals surface area contributed by atoms with Gasteiger partial charge in [0.15, 0.2) is 0 Å². The standard InChI is InChI=1S/C16H22N2O2.ClH/c17-14(12-7-8-12)9-18-16(19)13-3-1-2-4-15(13)20-10-11-5-6-11;/h1-4,11-12,14H,5-10,17H2,(H,18,19);1H. The Hall–Kier alpha value is -1.26. The predicted molar refractivity (Wildman–Crippen MR) is 84.9 cm³/mol. The van der Waals surface area contributed by atoms with Crippen molar-refractivity contribution in [1.29, 1.82) is 0 Å². The van der Waals surface area contributed by atoms with Gasteiger partial charge in [-0.1, -0.05) is 12.1 Å². The number of hydrogen-bond donors (Lipinski definition) is 2. The topological polar surface area (TPSA) is 64.3 Å². The van der Waals surface area contributed by atoms with Crippen molar-refractivity contribution < 1.29 is 9.53 Å². The van der Waals surface area contributed by atoms with Gasteiger partial charge in [-0.25, -0.2) is 0 Å². The van der Waals surface area contributed by atoms with Crippen LogP contribution in [0.5, 0.6) is 5.75 Å². The largest absolute Gasteiger partial charge is 0.492 e. The van der Waals surface area contributed by atoms with E-state index < -0.39 is 0 Å². The van der Waals surface area contributed by atoms with Gasteiger partial charge in [0.2, 0.25) is 0 Å². The van der Waals surface area contributed by atoms with Crippen LogP contribution in [0.1, 0.15) is 36.0 Å². The third-order valence-electron chi connectivity index (χ3n) is 4.03. The average Bonchev–Trinajstić information content (AvgIpc) is 3.35. The molecule has 4 nitrogen and oxygen atoms in total. The SMILES string of the molecule is Cl.NC(CNC(=O)c1ccccc1OCC1CC1)C1CC1. The molecule has 5 heteroatoms. The van der Waals surface area contributed by atoms with Gasteiger partial charge in [0.1, 0.15) is 5.75 Å². The molecule has 1 unspecified atom stereocenters. The fourth-order valence-electron chi connectivity index (χ4n) is 2.27. The fourth-order valence-corrected chi connectivity index (χ4v) is 2.27. The van der Waals surface area contributed by atoms with Crippen LogP contribution in [0.3, 0.4) is 0 Å². The van der Waals surface area contributed by atoms with Gasteiger partial charge in [0.25, 0.3) is 5.91 Å². The number of rotatable bonds is 7. The Bertz CT molecular complexity index is 487. The minimum atomic E-state index is -0.0903. The Morgan fingerprint density at radius 2 is 2.00 bits per heavy atom. The molecule has 0 saturated heterocycles. The van der Waals surface area contributed by atoms with Crippen molar-refractivity contribution in [2.45, 2.75) is 31.7 Å². The Balaban J connectivity index is 0.00000161. The quantitative estimate of drug-likeness (QED) is 0.812. The van der Waals surface area contributed by atoms with E-state index in [9.17, 15) is 4.79 Å². The van der Waals surface area contributed by atoms with E-state index in [4.69, 9.17) is 10.5 Å². The number of hydrogen-bond acceptors (Lipinski definition) is 3. The highest BCUT2D eigenvalue weighted by Gasteiger charge is 2.28. The summed E-state index contributed by atoms with van der Waals surface area (Å²) in [6.07, 6.45) is 4.87. The molecule has 0 aliphatic heterocycles. The number of amides is 1. The first-order valence-corrected chi connectivity index (χ1v) is 7.49. The van der Waals surface area contributed by atoms with Gasteiger partial charge in [-0.2, -0.15) is 0 Å². The van der Waals surface area contributed by atoms with E-state index >= 15 is 0 Å². The third kappa shape index (κ3) is 4.61. The maximum Gasteiger partial charge on any atom is 0.255 e. The summed E-state index contributed by atoms with van der Waals surface area (Å²) >= 11 is 0. The molecule has 2 fully saturated rings. The van der Waals surface area contributed by atoms with Gasteiger partial charge in [0, 0.05) is 12.6 Å². The highest BCUT2D eigenvalue weighted by molar-refractivity contribution is 5.96. The number of para-hydroxylation sites is 1. The zero-order valence-electron chi connectivity index (χ0n) is 12.1. The maximum atomic E-state index is 12.2. The van der Waals surface area contributed by atoms with Crippen molar-refractivity contribution in [2.24, 2.45) is 17.6 Å². The van der Waals surface area contributed by atoms with Crippen LogP contribution in [0.4, 0.5) is 0 Å². The Kier molecular flexibility index (Phi) is 5.48. The number of carbonyl (C=O) groups excluding carboxylic acids is 1. The van der Waals surface area contributed by atoms with Gasteiger partial charge in [0.05, 0.1) is 12.2 Å². The molecule has 1 amide bonds. The first-order chi connectivity index (χ1) is 9.74. The lowest BCUT2D eigenvalue weighted by Gasteiger charge is -2.14. The number of nitrogens with two attached hydrogens (primary N) is 1. The minimum absolute atomic E-state index is 0. The van der Waals surface area contributed by atoms with Crippen LogP contribution in [0, 0.1) is 11.8 Å². The molecular weight excluding hydrogens is 288 g/mol. The first-order valence-electron chi connectivity index (χ1n) is 7.49. The fraction of sp³-hybridized carbons (Fsp3) is 0.562. The molecule has 0 aromatic heterocycles. The molecule has 1 atom stereocenters. The highest BCUT2D eigenvalue weighted by Crippen LogP contribution is 2.31. The van der Waals surface area contributed by atoms with Crippen molar-refractivity contribution in [2.75, 3.05) is 13.2 Å². The lowest BCUT2D eigenvalue weighted by molar-refractivity contribution is 0.0946. The number of benzene rings is 1. The lowest BCUT2D eigenvalue weighted by atomic mass is 10.1. The molecule has 0 heterocycles. The summed E-state index contributed by atoms with van der Waals surface area (Å²) in [4.78, 5) is 12.2. The molecule has 116 valence electrons. The third-order valence-corrected chi connectivity index (χ3v) is 4.03. The minimum Gasteiger partial charge on any atom is -0.492 e. The van der Waals surface area contributed by atoms with Gasteiger partial charge >= 0.3 is 0 Å².